The Morgan fingerprint density at radius 2 is 2.29 bits per heavy atom. The van der Waals surface area contributed by atoms with Gasteiger partial charge in [-0.3, -0.25) is 0 Å². The van der Waals surface area contributed by atoms with Crippen LogP contribution in [0.2, 0.25) is 0 Å². The molecule has 4 rings (SSSR count). The molecule has 128 valence electrons. The van der Waals surface area contributed by atoms with E-state index in [1.165, 1.54) is 12.4 Å². The summed E-state index contributed by atoms with van der Waals surface area (Å²) in [6, 6.07) is 0. The SMILES string of the molecule is Cc1nc(COC[C@]23COC[C@H]2CN(c2ncc(F)cn2)C3)cs1. The van der Waals surface area contributed by atoms with Gasteiger partial charge >= 0.3 is 0 Å². The Kier molecular flexibility index (Phi) is 4.19. The molecule has 4 heterocycles. The number of hydrogen-bond donors (Lipinski definition) is 0. The first-order chi connectivity index (χ1) is 11.6. The number of ether oxygens (including phenoxy) is 2. The maximum absolute atomic E-state index is 13.0. The molecule has 0 spiro atoms. The van der Waals surface area contributed by atoms with Crippen LogP contribution < -0.4 is 4.90 Å². The standard InChI is InChI=1S/C16H19FN4O2S/c1-11-20-14(7-24-11)6-23-10-16-8-21(4-12(16)5-22-9-16)15-18-2-13(17)3-19-15/h2-3,7,12H,4-6,8-10H2,1H3/t12-,16+/m1/s1. The molecule has 2 atom stereocenters. The van der Waals surface area contributed by atoms with E-state index in [4.69, 9.17) is 9.47 Å². The number of rotatable bonds is 5. The van der Waals surface area contributed by atoms with Gasteiger partial charge in [0, 0.05) is 29.8 Å². The van der Waals surface area contributed by atoms with E-state index < -0.39 is 5.82 Å². The highest BCUT2D eigenvalue weighted by molar-refractivity contribution is 7.09. The molecule has 0 unspecified atom stereocenters. The number of fused-ring (bicyclic) bond motifs is 1. The van der Waals surface area contributed by atoms with Crippen molar-refractivity contribution in [1.82, 2.24) is 15.0 Å². The van der Waals surface area contributed by atoms with Gasteiger partial charge in [-0.05, 0) is 6.92 Å². The molecule has 8 heteroatoms. The number of anilines is 1. The fraction of sp³-hybridized carbons (Fsp3) is 0.562. The van der Waals surface area contributed by atoms with E-state index in [-0.39, 0.29) is 5.41 Å². The molecule has 0 radical (unpaired) electrons. The van der Waals surface area contributed by atoms with Gasteiger partial charge in [0.2, 0.25) is 5.95 Å². The van der Waals surface area contributed by atoms with Crippen LogP contribution >= 0.6 is 11.3 Å². The zero-order valence-electron chi connectivity index (χ0n) is 13.4. The molecule has 2 aliphatic rings. The molecule has 2 aromatic heterocycles. The summed E-state index contributed by atoms with van der Waals surface area (Å²) in [6.07, 6.45) is 2.42. The Morgan fingerprint density at radius 1 is 1.46 bits per heavy atom. The topological polar surface area (TPSA) is 60.4 Å². The highest BCUT2D eigenvalue weighted by atomic mass is 32.1. The summed E-state index contributed by atoms with van der Waals surface area (Å²) in [5.41, 5.74) is 0.920. The van der Waals surface area contributed by atoms with Gasteiger partial charge in [0.1, 0.15) is 0 Å². The van der Waals surface area contributed by atoms with Crippen LogP contribution in [0.4, 0.5) is 10.3 Å². The third-order valence-corrected chi connectivity index (χ3v) is 5.54. The predicted octanol–water partition coefficient (Wildman–Crippen LogP) is 2.05. The lowest BCUT2D eigenvalue weighted by atomic mass is 9.82. The molecule has 2 fully saturated rings. The molecule has 0 amide bonds. The quantitative estimate of drug-likeness (QED) is 0.823. The molecule has 0 bridgehead atoms. The molecule has 6 nitrogen and oxygen atoms in total. The lowest BCUT2D eigenvalue weighted by molar-refractivity contribution is 0.0252. The van der Waals surface area contributed by atoms with Gasteiger partial charge < -0.3 is 14.4 Å². The minimum Gasteiger partial charge on any atom is -0.380 e. The van der Waals surface area contributed by atoms with Crippen molar-refractivity contribution in [3.05, 3.63) is 34.3 Å². The zero-order valence-corrected chi connectivity index (χ0v) is 14.3. The monoisotopic (exact) mass is 350 g/mol. The fourth-order valence-corrected chi connectivity index (χ4v) is 4.09. The van der Waals surface area contributed by atoms with Crippen molar-refractivity contribution in [3.63, 3.8) is 0 Å². The van der Waals surface area contributed by atoms with E-state index >= 15 is 0 Å². The first-order valence-electron chi connectivity index (χ1n) is 7.94. The van der Waals surface area contributed by atoms with Crippen LogP contribution in [0.25, 0.3) is 0 Å². The fourth-order valence-electron chi connectivity index (χ4n) is 3.49. The van der Waals surface area contributed by atoms with Crippen molar-refractivity contribution in [2.45, 2.75) is 13.5 Å². The number of nitrogens with zero attached hydrogens (tertiary/aromatic N) is 4. The summed E-state index contributed by atoms with van der Waals surface area (Å²) < 4.78 is 24.7. The molecular formula is C16H19FN4O2S. The number of thiazole rings is 1. The minimum absolute atomic E-state index is 0.0528. The van der Waals surface area contributed by atoms with Crippen molar-refractivity contribution >= 4 is 17.3 Å². The van der Waals surface area contributed by atoms with Crippen LogP contribution in [0.1, 0.15) is 10.7 Å². The Morgan fingerprint density at radius 3 is 3.04 bits per heavy atom. The maximum atomic E-state index is 13.0. The average Bonchev–Trinajstić information content (AvgIpc) is 3.22. The second kappa shape index (κ2) is 6.34. The molecule has 0 aliphatic carbocycles. The van der Waals surface area contributed by atoms with E-state index in [1.807, 2.05) is 12.3 Å². The van der Waals surface area contributed by atoms with Crippen LogP contribution in [0.3, 0.4) is 0 Å². The highest BCUT2D eigenvalue weighted by Gasteiger charge is 2.51. The summed E-state index contributed by atoms with van der Waals surface area (Å²) in [5, 5.41) is 3.08. The van der Waals surface area contributed by atoms with Crippen LogP contribution in [0.5, 0.6) is 0 Å². The van der Waals surface area contributed by atoms with Gasteiger partial charge in [-0.15, -0.1) is 11.3 Å². The smallest absolute Gasteiger partial charge is 0.225 e. The first-order valence-corrected chi connectivity index (χ1v) is 8.82. The van der Waals surface area contributed by atoms with E-state index in [9.17, 15) is 4.39 Å². The van der Waals surface area contributed by atoms with Gasteiger partial charge in [0.25, 0.3) is 0 Å². The summed E-state index contributed by atoms with van der Waals surface area (Å²) >= 11 is 1.63. The Balaban J connectivity index is 1.41. The summed E-state index contributed by atoms with van der Waals surface area (Å²) in [7, 11) is 0. The number of aromatic nitrogens is 3. The van der Waals surface area contributed by atoms with Crippen LogP contribution in [-0.2, 0) is 16.1 Å². The molecule has 2 saturated heterocycles. The van der Waals surface area contributed by atoms with E-state index in [2.05, 4.69) is 19.9 Å². The van der Waals surface area contributed by atoms with Crippen LogP contribution in [0.15, 0.2) is 17.8 Å². The number of hydrogen-bond acceptors (Lipinski definition) is 7. The molecule has 0 saturated carbocycles. The van der Waals surface area contributed by atoms with Crippen LogP contribution in [0, 0.1) is 24.1 Å². The lowest BCUT2D eigenvalue weighted by Crippen LogP contribution is -2.36. The molecule has 24 heavy (non-hydrogen) atoms. The molecule has 2 aliphatic heterocycles. The van der Waals surface area contributed by atoms with Crippen molar-refractivity contribution in [2.75, 3.05) is 37.8 Å². The molecular weight excluding hydrogens is 331 g/mol. The Bertz CT molecular complexity index is 710. The van der Waals surface area contributed by atoms with Gasteiger partial charge in [0.15, 0.2) is 5.82 Å². The lowest BCUT2D eigenvalue weighted by Gasteiger charge is -2.26. The first kappa shape index (κ1) is 15.9. The second-order valence-electron chi connectivity index (χ2n) is 6.51. The van der Waals surface area contributed by atoms with Gasteiger partial charge in [-0.1, -0.05) is 0 Å². The normalized spacial score (nSPS) is 26.1. The minimum atomic E-state index is -0.418. The van der Waals surface area contributed by atoms with Crippen LogP contribution in [-0.4, -0.2) is 47.9 Å². The highest BCUT2D eigenvalue weighted by Crippen LogP contribution is 2.42. The van der Waals surface area contributed by atoms with Gasteiger partial charge in [-0.2, -0.15) is 0 Å². The van der Waals surface area contributed by atoms with Crippen molar-refractivity contribution in [2.24, 2.45) is 11.3 Å². The average molecular weight is 350 g/mol. The largest absolute Gasteiger partial charge is 0.380 e. The third kappa shape index (κ3) is 3.01. The summed E-state index contributed by atoms with van der Waals surface area (Å²) in [5.74, 6) is 0.529. The second-order valence-corrected chi connectivity index (χ2v) is 7.57. The van der Waals surface area contributed by atoms with Crippen molar-refractivity contribution in [3.8, 4) is 0 Å². The maximum Gasteiger partial charge on any atom is 0.225 e. The zero-order chi connectivity index (χ0) is 16.6. The summed E-state index contributed by atoms with van der Waals surface area (Å²) in [4.78, 5) is 14.7. The molecule has 2 aromatic rings. The molecule has 0 N–H and O–H groups in total. The van der Waals surface area contributed by atoms with E-state index in [0.717, 1.165) is 30.4 Å². The predicted molar refractivity (Wildman–Crippen MR) is 87.5 cm³/mol. The number of halogens is 1. The van der Waals surface area contributed by atoms with Crippen molar-refractivity contribution in [1.29, 1.82) is 0 Å². The van der Waals surface area contributed by atoms with E-state index in [0.29, 0.717) is 31.7 Å². The Hall–Kier alpha value is -1.64. The summed E-state index contributed by atoms with van der Waals surface area (Å²) in [6.45, 7) is 6.09. The van der Waals surface area contributed by atoms with E-state index in [1.54, 1.807) is 11.3 Å². The number of aryl methyl sites for hydroxylation is 1. The third-order valence-electron chi connectivity index (χ3n) is 4.72. The molecule has 0 aromatic carbocycles. The van der Waals surface area contributed by atoms with Crippen molar-refractivity contribution < 1.29 is 13.9 Å². The van der Waals surface area contributed by atoms with Gasteiger partial charge in [0.05, 0.1) is 49.5 Å². The van der Waals surface area contributed by atoms with Gasteiger partial charge in [-0.25, -0.2) is 19.3 Å². The Labute approximate surface area is 143 Å².